The molecule has 2 N–H and O–H groups in total. The van der Waals surface area contributed by atoms with Gasteiger partial charge in [0.15, 0.2) is 0 Å². The van der Waals surface area contributed by atoms with Gasteiger partial charge in [-0.25, -0.2) is 14.4 Å². The summed E-state index contributed by atoms with van der Waals surface area (Å²) in [6, 6.07) is 25.0. The minimum absolute atomic E-state index is 0.0455. The normalized spacial score (nSPS) is 13.0. The summed E-state index contributed by atoms with van der Waals surface area (Å²) in [6.07, 6.45) is -1.48. The molecular weight excluding hydrogens is 524 g/mol. The predicted octanol–water partition coefficient (Wildman–Crippen LogP) is 5.70. The van der Waals surface area contributed by atoms with Crippen LogP contribution in [0.4, 0.5) is 9.59 Å². The first-order chi connectivity index (χ1) is 19.2. The molecule has 2 amide bonds. The van der Waals surface area contributed by atoms with Crippen molar-refractivity contribution in [3.05, 3.63) is 95.6 Å². The Hall–Kier alpha value is -4.11. The van der Waals surface area contributed by atoms with E-state index in [1.807, 2.05) is 66.7 Å². The van der Waals surface area contributed by atoms with Gasteiger partial charge in [-0.3, -0.25) is 0 Å². The highest BCUT2D eigenvalue weighted by molar-refractivity contribution is 6.76. The van der Waals surface area contributed by atoms with Crippen LogP contribution in [-0.4, -0.2) is 52.0 Å². The van der Waals surface area contributed by atoms with Crippen LogP contribution in [0.3, 0.4) is 0 Å². The molecule has 1 aliphatic carbocycles. The summed E-state index contributed by atoms with van der Waals surface area (Å²) < 4.78 is 16.3. The molecule has 0 saturated heterocycles. The van der Waals surface area contributed by atoms with Crippen molar-refractivity contribution in [2.45, 2.75) is 44.3 Å². The zero-order valence-corrected chi connectivity index (χ0v) is 24.1. The van der Waals surface area contributed by atoms with Gasteiger partial charge in [0, 0.05) is 14.0 Å². The van der Waals surface area contributed by atoms with Gasteiger partial charge in [0.1, 0.15) is 19.3 Å². The maximum atomic E-state index is 12.8. The van der Waals surface area contributed by atoms with Gasteiger partial charge in [0.05, 0.1) is 13.2 Å². The van der Waals surface area contributed by atoms with E-state index in [0.29, 0.717) is 0 Å². The highest BCUT2D eigenvalue weighted by Crippen LogP contribution is 2.44. The molecule has 0 fully saturated rings. The zero-order valence-electron chi connectivity index (χ0n) is 23.1. The number of fused-ring (bicyclic) bond motifs is 3. The van der Waals surface area contributed by atoms with Gasteiger partial charge in [-0.1, -0.05) is 98.5 Å². The van der Waals surface area contributed by atoms with E-state index < -0.39 is 32.3 Å². The SMILES string of the molecule is C[Si](C)(C)CCOC(=O)[C@H](CNC(=O)OCC1c2ccccc2-c2ccccc21)NC(=O)OCc1ccccc1. The number of ether oxygens (including phenoxy) is 3. The lowest BCUT2D eigenvalue weighted by molar-refractivity contribution is -0.145. The van der Waals surface area contributed by atoms with Crippen LogP contribution in [0.25, 0.3) is 11.1 Å². The van der Waals surface area contributed by atoms with Crippen LogP contribution in [0.2, 0.25) is 25.7 Å². The first kappa shape index (κ1) is 28.9. The van der Waals surface area contributed by atoms with Crippen LogP contribution in [0, 0.1) is 0 Å². The minimum Gasteiger partial charge on any atom is -0.464 e. The third-order valence-corrected chi connectivity index (χ3v) is 8.38. The topological polar surface area (TPSA) is 103 Å². The molecule has 210 valence electrons. The molecule has 1 atom stereocenters. The number of hydrogen-bond acceptors (Lipinski definition) is 6. The summed E-state index contributed by atoms with van der Waals surface area (Å²) in [4.78, 5) is 38.0. The number of hydrogen-bond donors (Lipinski definition) is 2. The molecule has 8 nitrogen and oxygen atoms in total. The standard InChI is InChI=1S/C31H36N2O6Si/c1-40(2,3)18-17-37-29(34)28(33-31(36)38-20-22-11-5-4-6-12-22)19-32-30(35)39-21-27-25-15-9-7-13-23(25)24-14-8-10-16-26(24)27/h4-16,27-28H,17-21H2,1-3H3,(H,32,35)(H,33,36)/t28-/m0/s1. The molecule has 0 aromatic heterocycles. The Morgan fingerprint density at radius 1 is 0.775 bits per heavy atom. The highest BCUT2D eigenvalue weighted by Gasteiger charge is 2.30. The number of carbonyl (C=O) groups excluding carboxylic acids is 3. The van der Waals surface area contributed by atoms with Gasteiger partial charge in [-0.2, -0.15) is 0 Å². The van der Waals surface area contributed by atoms with Gasteiger partial charge >= 0.3 is 18.2 Å². The lowest BCUT2D eigenvalue weighted by atomic mass is 9.98. The first-order valence-corrected chi connectivity index (χ1v) is 17.1. The molecule has 0 spiro atoms. The van der Waals surface area contributed by atoms with Crippen LogP contribution in [-0.2, 0) is 25.6 Å². The fraction of sp³-hybridized carbons (Fsp3) is 0.323. The van der Waals surface area contributed by atoms with Gasteiger partial charge < -0.3 is 24.8 Å². The van der Waals surface area contributed by atoms with Gasteiger partial charge in [0.25, 0.3) is 0 Å². The molecule has 40 heavy (non-hydrogen) atoms. The lowest BCUT2D eigenvalue weighted by Gasteiger charge is -2.20. The molecule has 0 unspecified atom stereocenters. The Kier molecular flexibility index (Phi) is 9.60. The number of amides is 2. The molecule has 0 saturated carbocycles. The highest BCUT2D eigenvalue weighted by atomic mass is 28.3. The summed E-state index contributed by atoms with van der Waals surface area (Å²) in [5.41, 5.74) is 5.27. The number of nitrogens with one attached hydrogen (secondary N) is 2. The lowest BCUT2D eigenvalue weighted by Crippen LogP contribution is -2.49. The van der Waals surface area contributed by atoms with Crippen LogP contribution in [0.1, 0.15) is 22.6 Å². The summed E-state index contributed by atoms with van der Waals surface area (Å²) >= 11 is 0. The van der Waals surface area contributed by atoms with Crippen molar-refractivity contribution >= 4 is 26.2 Å². The second-order valence-corrected chi connectivity index (χ2v) is 16.6. The molecule has 1 aliphatic rings. The van der Waals surface area contributed by atoms with Crippen molar-refractivity contribution in [1.82, 2.24) is 10.6 Å². The summed E-state index contributed by atoms with van der Waals surface area (Å²) in [6.45, 7) is 6.75. The number of alkyl carbamates (subject to hydrolysis) is 2. The van der Waals surface area contributed by atoms with E-state index in [2.05, 4.69) is 42.4 Å². The Morgan fingerprint density at radius 3 is 2.00 bits per heavy atom. The second-order valence-electron chi connectivity index (χ2n) is 10.9. The van der Waals surface area contributed by atoms with Crippen molar-refractivity contribution < 1.29 is 28.6 Å². The molecule has 9 heteroatoms. The monoisotopic (exact) mass is 560 g/mol. The quantitative estimate of drug-likeness (QED) is 0.177. The van der Waals surface area contributed by atoms with Crippen molar-refractivity contribution in [1.29, 1.82) is 0 Å². The second kappa shape index (κ2) is 13.3. The van der Waals surface area contributed by atoms with Crippen LogP contribution >= 0.6 is 0 Å². The van der Waals surface area contributed by atoms with E-state index in [-0.39, 0.29) is 32.3 Å². The molecular formula is C31H36N2O6Si. The Morgan fingerprint density at radius 2 is 1.38 bits per heavy atom. The Labute approximate surface area is 236 Å². The zero-order chi connectivity index (χ0) is 28.5. The fourth-order valence-corrected chi connectivity index (χ4v) is 5.21. The van der Waals surface area contributed by atoms with E-state index in [1.165, 1.54) is 0 Å². The maximum absolute atomic E-state index is 12.8. The number of carbonyl (C=O) groups is 3. The molecule has 4 rings (SSSR count). The van der Waals surface area contributed by atoms with Gasteiger partial charge in [-0.15, -0.1) is 0 Å². The smallest absolute Gasteiger partial charge is 0.408 e. The van der Waals surface area contributed by atoms with Gasteiger partial charge in [-0.05, 0) is 33.9 Å². The van der Waals surface area contributed by atoms with Crippen molar-refractivity contribution in [3.63, 3.8) is 0 Å². The van der Waals surface area contributed by atoms with Crippen LogP contribution in [0.5, 0.6) is 0 Å². The van der Waals surface area contributed by atoms with E-state index in [4.69, 9.17) is 14.2 Å². The third kappa shape index (κ3) is 7.95. The molecule has 0 heterocycles. The molecule has 0 bridgehead atoms. The van der Waals surface area contributed by atoms with E-state index >= 15 is 0 Å². The number of rotatable bonds is 11. The molecule has 0 aliphatic heterocycles. The predicted molar refractivity (Wildman–Crippen MR) is 156 cm³/mol. The van der Waals surface area contributed by atoms with Crippen molar-refractivity contribution in [2.24, 2.45) is 0 Å². The Balaban J connectivity index is 1.33. The van der Waals surface area contributed by atoms with Crippen molar-refractivity contribution in [2.75, 3.05) is 19.8 Å². The van der Waals surface area contributed by atoms with E-state index in [9.17, 15) is 14.4 Å². The van der Waals surface area contributed by atoms with Crippen LogP contribution < -0.4 is 10.6 Å². The minimum atomic E-state index is -1.43. The summed E-state index contributed by atoms with van der Waals surface area (Å²) in [7, 11) is -1.43. The largest absolute Gasteiger partial charge is 0.464 e. The molecule has 0 radical (unpaired) electrons. The Bertz CT molecular complexity index is 1280. The third-order valence-electron chi connectivity index (χ3n) is 6.68. The van der Waals surface area contributed by atoms with Gasteiger partial charge in [0.2, 0.25) is 0 Å². The van der Waals surface area contributed by atoms with E-state index in [0.717, 1.165) is 33.9 Å². The number of benzene rings is 3. The summed E-state index contributed by atoms with van der Waals surface area (Å²) in [5.74, 6) is -0.736. The van der Waals surface area contributed by atoms with E-state index in [1.54, 1.807) is 0 Å². The van der Waals surface area contributed by atoms with Crippen LogP contribution in [0.15, 0.2) is 78.9 Å². The average Bonchev–Trinajstić information content (AvgIpc) is 3.26. The summed E-state index contributed by atoms with van der Waals surface area (Å²) in [5, 5.41) is 5.12. The molecule has 3 aromatic carbocycles. The fourth-order valence-electron chi connectivity index (χ4n) is 4.49. The van der Waals surface area contributed by atoms with Crippen molar-refractivity contribution in [3.8, 4) is 11.1 Å². The molecule has 3 aromatic rings. The number of esters is 1. The average molecular weight is 561 g/mol. The maximum Gasteiger partial charge on any atom is 0.408 e. The first-order valence-electron chi connectivity index (χ1n) is 13.4.